The summed E-state index contributed by atoms with van der Waals surface area (Å²) in [5.74, 6) is -0.513. The molecule has 4 nitrogen and oxygen atoms in total. The topological polar surface area (TPSA) is 46.6 Å². The zero-order valence-electron chi connectivity index (χ0n) is 14.1. The predicted octanol–water partition coefficient (Wildman–Crippen LogP) is 3.05. The van der Waals surface area contributed by atoms with Crippen molar-refractivity contribution in [2.45, 2.75) is 43.9 Å². The molecule has 1 aliphatic carbocycles. The number of likely N-dealkylation sites (tertiary alicyclic amines) is 1. The molecule has 1 aliphatic heterocycles. The minimum absolute atomic E-state index is 0.0916. The summed E-state index contributed by atoms with van der Waals surface area (Å²) < 4.78 is 18.5. The van der Waals surface area contributed by atoms with Crippen LogP contribution < -0.4 is 0 Å². The average molecular weight is 333 g/mol. The summed E-state index contributed by atoms with van der Waals surface area (Å²) in [5.41, 5.74) is 0.195. The van der Waals surface area contributed by atoms with Gasteiger partial charge in [0.25, 0.3) is 0 Å². The Morgan fingerprint density at radius 3 is 2.46 bits per heavy atom. The maximum absolute atomic E-state index is 13.7. The largest absolute Gasteiger partial charge is 0.469 e. The van der Waals surface area contributed by atoms with Crippen LogP contribution in [0.15, 0.2) is 24.3 Å². The molecule has 2 fully saturated rings. The van der Waals surface area contributed by atoms with Crippen LogP contribution in [-0.2, 0) is 19.7 Å². The van der Waals surface area contributed by atoms with E-state index >= 15 is 0 Å². The fourth-order valence-electron chi connectivity index (χ4n) is 4.18. The van der Waals surface area contributed by atoms with Crippen molar-refractivity contribution < 1.29 is 18.7 Å². The second kappa shape index (κ2) is 6.91. The Balaban J connectivity index is 1.78. The molecule has 0 bridgehead atoms. The van der Waals surface area contributed by atoms with Gasteiger partial charge < -0.3 is 9.64 Å². The van der Waals surface area contributed by atoms with E-state index in [2.05, 4.69) is 0 Å². The highest BCUT2D eigenvalue weighted by Gasteiger charge is 2.45. The van der Waals surface area contributed by atoms with Gasteiger partial charge in [0, 0.05) is 13.1 Å². The van der Waals surface area contributed by atoms with E-state index in [1.54, 1.807) is 6.07 Å². The Hall–Kier alpha value is -1.91. The fraction of sp³-hybridized carbons (Fsp3) is 0.579. The normalized spacial score (nSPS) is 20.8. The standard InChI is InChI=1S/C19H24FNO3/c1-24-17(22)14-7-11-21(12-8-14)18(23)19(9-2-3-10-19)15-5-4-6-16(20)13-15/h4-6,13-14H,2-3,7-12H2,1H3. The number of ether oxygens (including phenoxy) is 1. The Morgan fingerprint density at radius 2 is 1.88 bits per heavy atom. The lowest BCUT2D eigenvalue weighted by atomic mass is 9.77. The molecule has 5 heteroatoms. The zero-order chi connectivity index (χ0) is 17.2. The lowest BCUT2D eigenvalue weighted by molar-refractivity contribution is -0.150. The first-order chi connectivity index (χ1) is 11.6. The molecule has 130 valence electrons. The van der Waals surface area contributed by atoms with Crippen LogP contribution in [0.5, 0.6) is 0 Å². The van der Waals surface area contributed by atoms with Gasteiger partial charge in [0.1, 0.15) is 5.82 Å². The molecule has 1 aromatic rings. The maximum atomic E-state index is 13.7. The van der Waals surface area contributed by atoms with Gasteiger partial charge in [0.05, 0.1) is 18.4 Å². The Morgan fingerprint density at radius 1 is 1.21 bits per heavy atom. The average Bonchev–Trinajstić information content (AvgIpc) is 3.11. The second-order valence-electron chi connectivity index (χ2n) is 6.89. The number of halogens is 1. The van der Waals surface area contributed by atoms with Crippen molar-refractivity contribution in [2.75, 3.05) is 20.2 Å². The highest BCUT2D eigenvalue weighted by atomic mass is 19.1. The van der Waals surface area contributed by atoms with Gasteiger partial charge in [-0.1, -0.05) is 25.0 Å². The van der Waals surface area contributed by atoms with Crippen molar-refractivity contribution in [3.63, 3.8) is 0 Å². The van der Waals surface area contributed by atoms with Crippen molar-refractivity contribution in [2.24, 2.45) is 5.92 Å². The lowest BCUT2D eigenvalue weighted by Crippen LogP contribution is -2.49. The second-order valence-corrected chi connectivity index (χ2v) is 6.89. The molecule has 1 heterocycles. The number of carbonyl (C=O) groups excluding carboxylic acids is 2. The van der Waals surface area contributed by atoms with Gasteiger partial charge in [-0.25, -0.2) is 4.39 Å². The van der Waals surface area contributed by atoms with E-state index in [9.17, 15) is 14.0 Å². The van der Waals surface area contributed by atoms with E-state index in [4.69, 9.17) is 4.74 Å². The van der Waals surface area contributed by atoms with Crippen LogP contribution in [0.3, 0.4) is 0 Å². The fourth-order valence-corrected chi connectivity index (χ4v) is 4.18. The van der Waals surface area contributed by atoms with Crippen LogP contribution in [0.2, 0.25) is 0 Å². The van der Waals surface area contributed by atoms with Crippen LogP contribution in [0.25, 0.3) is 0 Å². The van der Waals surface area contributed by atoms with Gasteiger partial charge >= 0.3 is 5.97 Å². The Bertz CT molecular complexity index is 617. The number of benzene rings is 1. The summed E-state index contributed by atoms with van der Waals surface area (Å²) in [5, 5.41) is 0. The summed E-state index contributed by atoms with van der Waals surface area (Å²) in [6, 6.07) is 6.47. The number of nitrogens with zero attached hydrogens (tertiary/aromatic N) is 1. The van der Waals surface area contributed by atoms with E-state index in [0.29, 0.717) is 25.9 Å². The molecule has 1 saturated carbocycles. The minimum Gasteiger partial charge on any atom is -0.469 e. The first kappa shape index (κ1) is 16.9. The van der Waals surface area contributed by atoms with E-state index in [0.717, 1.165) is 31.2 Å². The zero-order valence-corrected chi connectivity index (χ0v) is 14.1. The summed E-state index contributed by atoms with van der Waals surface area (Å²) in [6.45, 7) is 1.13. The molecule has 1 saturated heterocycles. The number of hydrogen-bond donors (Lipinski definition) is 0. The van der Waals surface area contributed by atoms with E-state index in [1.807, 2.05) is 11.0 Å². The number of rotatable bonds is 3. The van der Waals surface area contributed by atoms with Gasteiger partial charge in [0.15, 0.2) is 0 Å². The maximum Gasteiger partial charge on any atom is 0.308 e. The van der Waals surface area contributed by atoms with E-state index in [1.165, 1.54) is 19.2 Å². The SMILES string of the molecule is COC(=O)C1CCN(C(=O)C2(c3cccc(F)c3)CCCC2)CC1. The van der Waals surface area contributed by atoms with Crippen molar-refractivity contribution in [1.82, 2.24) is 4.90 Å². The molecular weight excluding hydrogens is 309 g/mol. The molecule has 0 aromatic heterocycles. The highest BCUT2D eigenvalue weighted by Crippen LogP contribution is 2.43. The number of methoxy groups -OCH3 is 1. The molecule has 0 radical (unpaired) electrons. The third-order valence-electron chi connectivity index (χ3n) is 5.56. The molecule has 0 spiro atoms. The van der Waals surface area contributed by atoms with Crippen molar-refractivity contribution >= 4 is 11.9 Å². The molecule has 1 aromatic carbocycles. The predicted molar refractivity (Wildman–Crippen MR) is 87.9 cm³/mol. The Kier molecular flexibility index (Phi) is 4.88. The van der Waals surface area contributed by atoms with Crippen LogP contribution in [0.4, 0.5) is 4.39 Å². The third-order valence-corrected chi connectivity index (χ3v) is 5.56. The van der Waals surface area contributed by atoms with Gasteiger partial charge in [-0.05, 0) is 43.4 Å². The summed E-state index contributed by atoms with van der Waals surface area (Å²) in [6.07, 6.45) is 4.79. The van der Waals surface area contributed by atoms with Crippen LogP contribution in [-0.4, -0.2) is 37.0 Å². The monoisotopic (exact) mass is 333 g/mol. The number of esters is 1. The summed E-state index contributed by atoms with van der Waals surface area (Å²) in [4.78, 5) is 26.8. The van der Waals surface area contributed by atoms with E-state index < -0.39 is 5.41 Å². The van der Waals surface area contributed by atoms with Crippen LogP contribution in [0, 0.1) is 11.7 Å². The quantitative estimate of drug-likeness (QED) is 0.799. The molecular formula is C19H24FNO3. The van der Waals surface area contributed by atoms with Crippen LogP contribution in [0.1, 0.15) is 44.1 Å². The van der Waals surface area contributed by atoms with Crippen molar-refractivity contribution in [3.05, 3.63) is 35.6 Å². The summed E-state index contributed by atoms with van der Waals surface area (Å²) in [7, 11) is 1.40. The van der Waals surface area contributed by atoms with Crippen molar-refractivity contribution in [3.8, 4) is 0 Å². The van der Waals surface area contributed by atoms with Gasteiger partial charge in [-0.3, -0.25) is 9.59 Å². The number of hydrogen-bond acceptors (Lipinski definition) is 3. The molecule has 0 atom stereocenters. The highest BCUT2D eigenvalue weighted by molar-refractivity contribution is 5.89. The molecule has 1 amide bonds. The Labute approximate surface area is 142 Å². The van der Waals surface area contributed by atoms with Gasteiger partial charge in [-0.2, -0.15) is 0 Å². The van der Waals surface area contributed by atoms with Crippen LogP contribution >= 0.6 is 0 Å². The number of piperidine rings is 1. The third kappa shape index (κ3) is 3.04. The van der Waals surface area contributed by atoms with Gasteiger partial charge in [0.2, 0.25) is 5.91 Å². The molecule has 3 rings (SSSR count). The lowest BCUT2D eigenvalue weighted by Gasteiger charge is -2.38. The smallest absolute Gasteiger partial charge is 0.308 e. The molecule has 0 N–H and O–H groups in total. The first-order valence-corrected chi connectivity index (χ1v) is 8.70. The van der Waals surface area contributed by atoms with Crippen molar-refractivity contribution in [1.29, 1.82) is 0 Å². The molecule has 2 aliphatic rings. The summed E-state index contributed by atoms with van der Waals surface area (Å²) >= 11 is 0. The van der Waals surface area contributed by atoms with Gasteiger partial charge in [-0.15, -0.1) is 0 Å². The number of amides is 1. The first-order valence-electron chi connectivity index (χ1n) is 8.70. The molecule has 24 heavy (non-hydrogen) atoms. The van der Waals surface area contributed by atoms with E-state index in [-0.39, 0.29) is 23.6 Å². The molecule has 0 unspecified atom stereocenters. The minimum atomic E-state index is -0.597. The number of carbonyl (C=O) groups is 2.